The maximum atomic E-state index is 15.4. The zero-order valence-corrected chi connectivity index (χ0v) is 22.4. The summed E-state index contributed by atoms with van der Waals surface area (Å²) in [6.07, 6.45) is 11.7. The lowest BCUT2D eigenvalue weighted by Crippen LogP contribution is -2.39. The molecular formula is C30H37FN4O3. The van der Waals surface area contributed by atoms with Gasteiger partial charge in [-0.25, -0.2) is 9.67 Å². The molecule has 2 aliphatic heterocycles. The standard InChI is InChI=1S/C30H37FN4O3/c1-36-30(37-2)20-14-16-34(17-15-20)26-13-10-21(19-32-26)22-7-3-4-8-24-23(22)11-12-25-28(24)29(31)33-35(25)27-9-5-6-18-38-27/h7,10-13,19-20,27,30H,3-6,8-9,14-18H2,1-2H3. The maximum absolute atomic E-state index is 15.4. The number of pyridine rings is 1. The number of benzene rings is 1. The quantitative estimate of drug-likeness (QED) is 0.379. The molecule has 1 aliphatic carbocycles. The van der Waals surface area contributed by atoms with Gasteiger partial charge in [0.15, 0.2) is 12.5 Å². The number of methoxy groups -OCH3 is 2. The highest BCUT2D eigenvalue weighted by atomic mass is 19.1. The van der Waals surface area contributed by atoms with Crippen molar-refractivity contribution in [3.8, 4) is 0 Å². The van der Waals surface area contributed by atoms with E-state index in [-0.39, 0.29) is 12.5 Å². The summed E-state index contributed by atoms with van der Waals surface area (Å²) in [6, 6.07) is 8.42. The Labute approximate surface area is 223 Å². The van der Waals surface area contributed by atoms with Crippen LogP contribution < -0.4 is 4.90 Å². The third-order valence-corrected chi connectivity index (χ3v) is 8.41. The van der Waals surface area contributed by atoms with E-state index in [0.29, 0.717) is 17.9 Å². The second-order valence-electron chi connectivity index (χ2n) is 10.6. The van der Waals surface area contributed by atoms with E-state index in [1.165, 1.54) is 0 Å². The molecule has 0 bridgehead atoms. The van der Waals surface area contributed by atoms with E-state index in [2.05, 4.69) is 34.3 Å². The molecule has 0 spiro atoms. The second kappa shape index (κ2) is 11.1. The molecule has 2 aromatic heterocycles. The van der Waals surface area contributed by atoms with Crippen molar-refractivity contribution in [1.29, 1.82) is 0 Å². The monoisotopic (exact) mass is 520 g/mol. The van der Waals surface area contributed by atoms with E-state index in [4.69, 9.17) is 19.2 Å². The van der Waals surface area contributed by atoms with E-state index in [1.54, 1.807) is 18.9 Å². The molecule has 1 aromatic carbocycles. The lowest BCUT2D eigenvalue weighted by atomic mass is 9.92. The van der Waals surface area contributed by atoms with E-state index < -0.39 is 5.95 Å². The average Bonchev–Trinajstić information content (AvgIpc) is 3.16. The Morgan fingerprint density at radius 3 is 2.58 bits per heavy atom. The number of aryl methyl sites for hydroxylation is 1. The van der Waals surface area contributed by atoms with E-state index in [9.17, 15) is 0 Å². The second-order valence-corrected chi connectivity index (χ2v) is 10.6. The van der Waals surface area contributed by atoms with Crippen LogP contribution in [0.2, 0.25) is 0 Å². The van der Waals surface area contributed by atoms with Crippen molar-refractivity contribution in [3.63, 3.8) is 0 Å². The van der Waals surface area contributed by atoms with Crippen molar-refractivity contribution >= 4 is 22.3 Å². The van der Waals surface area contributed by atoms with Gasteiger partial charge in [0.2, 0.25) is 5.95 Å². The SMILES string of the molecule is COC(OC)C1CCN(c2ccc(C3=CCCCc4c3ccc3c4c(F)nn3C3CCCCO3)cn2)CC1. The van der Waals surface area contributed by atoms with Crippen LogP contribution in [0.1, 0.15) is 67.9 Å². The fraction of sp³-hybridized carbons (Fsp3) is 0.533. The first-order valence-electron chi connectivity index (χ1n) is 14.0. The van der Waals surface area contributed by atoms with Gasteiger partial charge in [0.1, 0.15) is 5.82 Å². The third-order valence-electron chi connectivity index (χ3n) is 8.41. The Kier molecular flexibility index (Phi) is 7.45. The predicted octanol–water partition coefficient (Wildman–Crippen LogP) is 5.87. The van der Waals surface area contributed by atoms with Gasteiger partial charge in [0.05, 0.1) is 10.9 Å². The van der Waals surface area contributed by atoms with Crippen molar-refractivity contribution in [2.45, 2.75) is 63.9 Å². The van der Waals surface area contributed by atoms with Crippen LogP contribution in [0, 0.1) is 11.9 Å². The Bertz CT molecular complexity index is 1290. The number of halogens is 1. The number of hydrogen-bond acceptors (Lipinski definition) is 6. The number of hydrogen-bond donors (Lipinski definition) is 0. The molecule has 3 aliphatic rings. The van der Waals surface area contributed by atoms with Crippen LogP contribution in [0.3, 0.4) is 0 Å². The first-order valence-corrected chi connectivity index (χ1v) is 14.0. The first-order chi connectivity index (χ1) is 18.7. The fourth-order valence-corrected chi connectivity index (χ4v) is 6.43. The summed E-state index contributed by atoms with van der Waals surface area (Å²) in [5.41, 5.74) is 5.14. The molecule has 0 N–H and O–H groups in total. The molecule has 1 unspecified atom stereocenters. The topological polar surface area (TPSA) is 61.6 Å². The molecule has 0 radical (unpaired) electrons. The summed E-state index contributed by atoms with van der Waals surface area (Å²) in [7, 11) is 3.41. The largest absolute Gasteiger partial charge is 0.357 e. The number of anilines is 1. The normalized spacial score (nSPS) is 21.0. The van der Waals surface area contributed by atoms with Crippen molar-refractivity contribution in [2.75, 3.05) is 38.8 Å². The van der Waals surface area contributed by atoms with Gasteiger partial charge >= 0.3 is 0 Å². The number of nitrogens with zero attached hydrogens (tertiary/aromatic N) is 4. The number of fused-ring (bicyclic) bond motifs is 3. The molecule has 2 saturated heterocycles. The Morgan fingerprint density at radius 2 is 1.87 bits per heavy atom. The minimum Gasteiger partial charge on any atom is -0.357 e. The van der Waals surface area contributed by atoms with Gasteiger partial charge in [-0.1, -0.05) is 12.1 Å². The van der Waals surface area contributed by atoms with Gasteiger partial charge in [-0.15, -0.1) is 5.10 Å². The first kappa shape index (κ1) is 25.5. The van der Waals surface area contributed by atoms with Crippen LogP contribution in [0.25, 0.3) is 16.5 Å². The highest BCUT2D eigenvalue weighted by molar-refractivity contribution is 5.92. The zero-order valence-electron chi connectivity index (χ0n) is 22.4. The predicted molar refractivity (Wildman–Crippen MR) is 146 cm³/mol. The Hall–Kier alpha value is -2.81. The van der Waals surface area contributed by atoms with Crippen molar-refractivity contribution < 1.29 is 18.6 Å². The number of piperidine rings is 1. The summed E-state index contributed by atoms with van der Waals surface area (Å²) in [5.74, 6) is 0.996. The molecule has 0 saturated carbocycles. The third kappa shape index (κ3) is 4.74. The Balaban J connectivity index is 1.26. The summed E-state index contributed by atoms with van der Waals surface area (Å²) >= 11 is 0. The lowest BCUT2D eigenvalue weighted by molar-refractivity contribution is -0.141. The molecule has 8 heteroatoms. The molecule has 7 nitrogen and oxygen atoms in total. The Morgan fingerprint density at radius 1 is 1.03 bits per heavy atom. The van der Waals surface area contributed by atoms with Crippen molar-refractivity contribution in [2.24, 2.45) is 5.92 Å². The number of aromatic nitrogens is 3. The molecule has 3 aromatic rings. The van der Waals surface area contributed by atoms with Crippen LogP contribution in [0.15, 0.2) is 36.5 Å². The summed E-state index contributed by atoms with van der Waals surface area (Å²) in [5, 5.41) is 4.95. The van der Waals surface area contributed by atoms with Crippen LogP contribution in [-0.4, -0.2) is 55.0 Å². The van der Waals surface area contributed by atoms with Gasteiger partial charge in [-0.05, 0) is 86.3 Å². The van der Waals surface area contributed by atoms with Gasteiger partial charge < -0.3 is 19.1 Å². The number of rotatable bonds is 6. The molecule has 1 atom stereocenters. The van der Waals surface area contributed by atoms with Crippen molar-refractivity contribution in [1.82, 2.24) is 14.8 Å². The van der Waals surface area contributed by atoms with Crippen LogP contribution in [0.5, 0.6) is 0 Å². The van der Waals surface area contributed by atoms with Crippen molar-refractivity contribution in [3.05, 3.63) is 59.2 Å². The fourth-order valence-electron chi connectivity index (χ4n) is 6.43. The summed E-state index contributed by atoms with van der Waals surface area (Å²) in [6.45, 7) is 2.56. The minimum atomic E-state index is -0.395. The van der Waals surface area contributed by atoms with E-state index in [1.807, 2.05) is 12.3 Å². The number of allylic oxidation sites excluding steroid dienone is 1. The van der Waals surface area contributed by atoms with Gasteiger partial charge in [0, 0.05) is 51.6 Å². The van der Waals surface area contributed by atoms with Gasteiger partial charge in [0.25, 0.3) is 0 Å². The smallest absolute Gasteiger partial charge is 0.240 e. The molecule has 4 heterocycles. The lowest BCUT2D eigenvalue weighted by Gasteiger charge is -2.35. The summed E-state index contributed by atoms with van der Waals surface area (Å²) in [4.78, 5) is 7.18. The minimum absolute atomic E-state index is 0.145. The van der Waals surface area contributed by atoms with Crippen LogP contribution in [-0.2, 0) is 20.6 Å². The highest BCUT2D eigenvalue weighted by Crippen LogP contribution is 2.38. The molecule has 202 valence electrons. The van der Waals surface area contributed by atoms with Crippen LogP contribution >= 0.6 is 0 Å². The van der Waals surface area contributed by atoms with Gasteiger partial charge in [-0.3, -0.25) is 0 Å². The zero-order chi connectivity index (χ0) is 26.1. The van der Waals surface area contributed by atoms with Gasteiger partial charge in [-0.2, -0.15) is 4.39 Å². The maximum Gasteiger partial charge on any atom is 0.240 e. The van der Waals surface area contributed by atoms with E-state index >= 15 is 4.39 Å². The molecule has 0 amide bonds. The molecule has 6 rings (SSSR count). The molecular weight excluding hydrogens is 483 g/mol. The summed E-state index contributed by atoms with van der Waals surface area (Å²) < 4.78 is 34.0. The van der Waals surface area contributed by atoms with E-state index in [0.717, 1.165) is 98.1 Å². The average molecular weight is 521 g/mol. The molecule has 38 heavy (non-hydrogen) atoms. The van der Waals surface area contributed by atoms with Crippen LogP contribution in [0.4, 0.5) is 10.2 Å². The highest BCUT2D eigenvalue weighted by Gasteiger charge is 2.28. The molecule has 2 fully saturated rings. The number of ether oxygens (including phenoxy) is 3.